The van der Waals surface area contributed by atoms with E-state index in [0.29, 0.717) is 16.5 Å². The lowest BCUT2D eigenvalue weighted by molar-refractivity contribution is -0.117. The molecular formula is C18H18N6O2S. The Balaban J connectivity index is 1.37. The molecule has 1 unspecified atom stereocenters. The molecule has 1 fully saturated rings. The van der Waals surface area contributed by atoms with Crippen molar-refractivity contribution in [3.63, 3.8) is 0 Å². The van der Waals surface area contributed by atoms with Gasteiger partial charge in [0.1, 0.15) is 12.0 Å². The van der Waals surface area contributed by atoms with Gasteiger partial charge in [0.15, 0.2) is 10.8 Å². The van der Waals surface area contributed by atoms with Gasteiger partial charge < -0.3 is 10.6 Å². The van der Waals surface area contributed by atoms with Crippen molar-refractivity contribution in [1.29, 1.82) is 0 Å². The van der Waals surface area contributed by atoms with E-state index in [1.165, 1.54) is 17.7 Å². The third kappa shape index (κ3) is 4.03. The molecule has 2 heterocycles. The quantitative estimate of drug-likeness (QED) is 0.607. The molecule has 0 spiro atoms. The first-order valence-electron chi connectivity index (χ1n) is 8.63. The van der Waals surface area contributed by atoms with Crippen LogP contribution in [0.15, 0.2) is 36.0 Å². The van der Waals surface area contributed by atoms with Crippen LogP contribution in [0.2, 0.25) is 0 Å². The Hall–Kier alpha value is -3.07. The van der Waals surface area contributed by atoms with Crippen LogP contribution in [0.25, 0.3) is 10.8 Å². The number of thiazole rings is 1. The summed E-state index contributed by atoms with van der Waals surface area (Å²) in [5.74, 6) is 0.532. The topological polar surface area (TPSA) is 113 Å². The standard InChI is InChI=1S/C18H18N6O2S/c1-10(11-4-6-13(7-5-11)22-16(25)12-2-3-12)21-17(26)14-8-27-18(23-14)15-19-9-20-24-15/h4-10,12H,2-3H2,1H3,(H,21,26)(H,22,25)(H,19,20,24). The minimum absolute atomic E-state index is 0.0789. The lowest BCUT2D eigenvalue weighted by Gasteiger charge is -2.14. The molecule has 9 heteroatoms. The van der Waals surface area contributed by atoms with E-state index in [0.717, 1.165) is 24.1 Å². The number of benzene rings is 1. The van der Waals surface area contributed by atoms with Gasteiger partial charge in [-0.15, -0.1) is 11.3 Å². The van der Waals surface area contributed by atoms with Gasteiger partial charge in [0.05, 0.1) is 6.04 Å². The predicted molar refractivity (Wildman–Crippen MR) is 101 cm³/mol. The first kappa shape index (κ1) is 17.3. The van der Waals surface area contributed by atoms with Crippen LogP contribution in [-0.2, 0) is 4.79 Å². The molecule has 3 aromatic rings. The van der Waals surface area contributed by atoms with Gasteiger partial charge >= 0.3 is 0 Å². The molecule has 2 amide bonds. The van der Waals surface area contributed by atoms with E-state index < -0.39 is 0 Å². The van der Waals surface area contributed by atoms with Crippen LogP contribution in [0.3, 0.4) is 0 Å². The number of hydrogen-bond donors (Lipinski definition) is 3. The number of aromatic nitrogens is 4. The molecule has 27 heavy (non-hydrogen) atoms. The Labute approximate surface area is 159 Å². The fourth-order valence-corrected chi connectivity index (χ4v) is 3.34. The van der Waals surface area contributed by atoms with Crippen molar-refractivity contribution in [3.05, 3.63) is 47.2 Å². The molecule has 8 nitrogen and oxygen atoms in total. The highest BCUT2D eigenvalue weighted by atomic mass is 32.1. The molecule has 4 rings (SSSR count). The summed E-state index contributed by atoms with van der Waals surface area (Å²) in [6.45, 7) is 1.90. The number of nitrogens with one attached hydrogen (secondary N) is 3. The van der Waals surface area contributed by atoms with Crippen LogP contribution in [0.1, 0.15) is 41.9 Å². The number of H-pyrrole nitrogens is 1. The Morgan fingerprint density at radius 1 is 1.26 bits per heavy atom. The molecule has 1 atom stereocenters. The number of carbonyl (C=O) groups excluding carboxylic acids is 2. The first-order chi connectivity index (χ1) is 13.1. The van der Waals surface area contributed by atoms with Gasteiger partial charge in [0.2, 0.25) is 5.91 Å². The van der Waals surface area contributed by atoms with Crippen molar-refractivity contribution in [2.45, 2.75) is 25.8 Å². The van der Waals surface area contributed by atoms with Gasteiger partial charge in [-0.25, -0.2) is 9.97 Å². The molecule has 0 radical (unpaired) electrons. The van der Waals surface area contributed by atoms with E-state index in [1.54, 1.807) is 5.38 Å². The summed E-state index contributed by atoms with van der Waals surface area (Å²) in [7, 11) is 0. The zero-order valence-corrected chi connectivity index (χ0v) is 15.4. The highest BCUT2D eigenvalue weighted by Gasteiger charge is 2.29. The Bertz CT molecular complexity index is 947. The van der Waals surface area contributed by atoms with Crippen molar-refractivity contribution in [2.24, 2.45) is 5.92 Å². The normalized spacial score (nSPS) is 14.6. The van der Waals surface area contributed by atoms with Gasteiger partial charge in [-0.1, -0.05) is 12.1 Å². The number of aromatic amines is 1. The highest BCUT2D eigenvalue weighted by molar-refractivity contribution is 7.13. The van der Waals surface area contributed by atoms with Crippen molar-refractivity contribution >= 4 is 28.8 Å². The number of nitrogens with zero attached hydrogens (tertiary/aromatic N) is 3. The summed E-state index contributed by atoms with van der Waals surface area (Å²) in [6.07, 6.45) is 3.35. The zero-order chi connectivity index (χ0) is 18.8. The second-order valence-electron chi connectivity index (χ2n) is 6.45. The van der Waals surface area contributed by atoms with Crippen LogP contribution < -0.4 is 10.6 Å². The van der Waals surface area contributed by atoms with Gasteiger partial charge in [0, 0.05) is 17.0 Å². The summed E-state index contributed by atoms with van der Waals surface area (Å²) in [6, 6.07) is 7.30. The SMILES string of the molecule is CC(NC(=O)c1csc(-c2ncn[nH]2)n1)c1ccc(NC(=O)C2CC2)cc1. The number of anilines is 1. The minimum Gasteiger partial charge on any atom is -0.344 e. The van der Waals surface area contributed by atoms with E-state index in [-0.39, 0.29) is 23.8 Å². The molecule has 1 aliphatic rings. The monoisotopic (exact) mass is 382 g/mol. The lowest BCUT2D eigenvalue weighted by atomic mass is 10.1. The Morgan fingerprint density at radius 3 is 2.70 bits per heavy atom. The summed E-state index contributed by atoms with van der Waals surface area (Å²) in [5, 5.41) is 14.6. The van der Waals surface area contributed by atoms with Gasteiger partial charge in [0.25, 0.3) is 5.91 Å². The second-order valence-corrected chi connectivity index (χ2v) is 7.31. The highest BCUT2D eigenvalue weighted by Crippen LogP contribution is 2.30. The first-order valence-corrected chi connectivity index (χ1v) is 9.51. The Kier molecular flexibility index (Phi) is 4.68. The molecule has 2 aromatic heterocycles. The van der Waals surface area contributed by atoms with Gasteiger partial charge in [-0.3, -0.25) is 14.7 Å². The molecule has 0 bridgehead atoms. The van der Waals surface area contributed by atoms with Crippen LogP contribution in [0.4, 0.5) is 5.69 Å². The van der Waals surface area contributed by atoms with Crippen LogP contribution in [0, 0.1) is 5.92 Å². The maximum atomic E-state index is 12.4. The summed E-state index contributed by atoms with van der Waals surface area (Å²) in [4.78, 5) is 32.6. The number of amides is 2. The van der Waals surface area contributed by atoms with Gasteiger partial charge in [-0.2, -0.15) is 5.10 Å². The van der Waals surface area contributed by atoms with Crippen LogP contribution in [-0.4, -0.2) is 32.0 Å². The van der Waals surface area contributed by atoms with Crippen molar-refractivity contribution in [3.8, 4) is 10.8 Å². The summed E-state index contributed by atoms with van der Waals surface area (Å²) >= 11 is 1.33. The largest absolute Gasteiger partial charge is 0.344 e. The molecule has 1 aliphatic carbocycles. The third-order valence-corrected chi connectivity index (χ3v) is 5.18. The minimum atomic E-state index is -0.254. The fraction of sp³-hybridized carbons (Fsp3) is 0.278. The van der Waals surface area contributed by atoms with E-state index in [4.69, 9.17) is 0 Å². The second kappa shape index (κ2) is 7.28. The van der Waals surface area contributed by atoms with Gasteiger partial charge in [-0.05, 0) is 37.5 Å². The van der Waals surface area contributed by atoms with E-state index in [1.807, 2.05) is 31.2 Å². The van der Waals surface area contributed by atoms with Crippen molar-refractivity contribution in [1.82, 2.24) is 25.5 Å². The summed E-state index contributed by atoms with van der Waals surface area (Å²) in [5.41, 5.74) is 2.05. The molecule has 1 aromatic carbocycles. The van der Waals surface area contributed by atoms with Crippen molar-refractivity contribution < 1.29 is 9.59 Å². The number of rotatable bonds is 6. The smallest absolute Gasteiger partial charge is 0.271 e. The molecule has 1 saturated carbocycles. The maximum absolute atomic E-state index is 12.4. The molecule has 0 aliphatic heterocycles. The predicted octanol–water partition coefficient (Wildman–Crippen LogP) is 2.77. The van der Waals surface area contributed by atoms with E-state index in [2.05, 4.69) is 30.8 Å². The molecular weight excluding hydrogens is 364 g/mol. The molecule has 0 saturated heterocycles. The van der Waals surface area contributed by atoms with Crippen LogP contribution >= 0.6 is 11.3 Å². The van der Waals surface area contributed by atoms with Crippen LogP contribution in [0.5, 0.6) is 0 Å². The molecule has 3 N–H and O–H groups in total. The summed E-state index contributed by atoms with van der Waals surface area (Å²) < 4.78 is 0. The third-order valence-electron chi connectivity index (χ3n) is 4.33. The lowest BCUT2D eigenvalue weighted by Crippen LogP contribution is -2.26. The average Bonchev–Trinajstić information content (AvgIpc) is 3.17. The average molecular weight is 382 g/mol. The van der Waals surface area contributed by atoms with E-state index in [9.17, 15) is 9.59 Å². The van der Waals surface area contributed by atoms with E-state index >= 15 is 0 Å². The zero-order valence-electron chi connectivity index (χ0n) is 14.6. The van der Waals surface area contributed by atoms with Crippen molar-refractivity contribution in [2.75, 3.05) is 5.32 Å². The maximum Gasteiger partial charge on any atom is 0.271 e. The Morgan fingerprint density at radius 2 is 2.04 bits per heavy atom. The number of carbonyl (C=O) groups is 2. The number of hydrogen-bond acceptors (Lipinski definition) is 6. The molecule has 138 valence electrons. The fourth-order valence-electron chi connectivity index (χ4n) is 2.59.